The van der Waals surface area contributed by atoms with Gasteiger partial charge in [-0.15, -0.1) is 0 Å². The van der Waals surface area contributed by atoms with Crippen molar-refractivity contribution in [2.45, 2.75) is 6.04 Å². The smallest absolute Gasteiger partial charge is 0.253 e. The number of hydrogen-bond donors (Lipinski definition) is 1. The number of carbonyl (C=O) groups excluding carboxylic acids is 1. The van der Waals surface area contributed by atoms with E-state index in [2.05, 4.69) is 5.32 Å². The van der Waals surface area contributed by atoms with Gasteiger partial charge in [0.1, 0.15) is 0 Å². The van der Waals surface area contributed by atoms with Gasteiger partial charge in [0.2, 0.25) is 0 Å². The molecule has 0 unspecified atom stereocenters. The minimum Gasteiger partial charge on any atom is -0.341 e. The van der Waals surface area contributed by atoms with Crippen LogP contribution in [0.2, 0.25) is 5.02 Å². The lowest BCUT2D eigenvalue weighted by molar-refractivity contribution is 0.0943. The van der Waals surface area contributed by atoms with Crippen molar-refractivity contribution in [2.75, 3.05) is 0 Å². The Hall–Kier alpha value is -2.58. The standard InChI is InChI=1S/C20H16ClNO/c21-18-14-8-7-13-17(18)20(23)22-19(15-9-3-1-4-10-15)16-11-5-2-6-12-16/h1-14,19H,(H,22,23). The highest BCUT2D eigenvalue weighted by Gasteiger charge is 2.18. The highest BCUT2D eigenvalue weighted by Crippen LogP contribution is 2.23. The van der Waals surface area contributed by atoms with Crippen LogP contribution in [0.3, 0.4) is 0 Å². The van der Waals surface area contributed by atoms with Crippen LogP contribution >= 0.6 is 11.6 Å². The molecule has 2 nitrogen and oxygen atoms in total. The van der Waals surface area contributed by atoms with Crippen LogP contribution in [0, 0.1) is 0 Å². The average molecular weight is 322 g/mol. The molecule has 0 saturated heterocycles. The zero-order valence-corrected chi connectivity index (χ0v) is 13.2. The van der Waals surface area contributed by atoms with Gasteiger partial charge in [-0.05, 0) is 23.3 Å². The van der Waals surface area contributed by atoms with Crippen LogP contribution in [0.4, 0.5) is 0 Å². The van der Waals surface area contributed by atoms with E-state index in [4.69, 9.17) is 11.6 Å². The van der Waals surface area contributed by atoms with E-state index in [0.29, 0.717) is 10.6 Å². The third-order valence-electron chi connectivity index (χ3n) is 3.66. The Morgan fingerprint density at radius 3 is 1.74 bits per heavy atom. The van der Waals surface area contributed by atoms with Gasteiger partial charge < -0.3 is 5.32 Å². The maximum Gasteiger partial charge on any atom is 0.253 e. The van der Waals surface area contributed by atoms with E-state index < -0.39 is 0 Å². The van der Waals surface area contributed by atoms with Crippen LogP contribution in [-0.4, -0.2) is 5.91 Å². The lowest BCUT2D eigenvalue weighted by Crippen LogP contribution is -2.29. The molecule has 0 aliphatic carbocycles. The highest BCUT2D eigenvalue weighted by molar-refractivity contribution is 6.33. The number of amides is 1. The largest absolute Gasteiger partial charge is 0.341 e. The second kappa shape index (κ2) is 7.12. The fourth-order valence-electron chi connectivity index (χ4n) is 2.50. The average Bonchev–Trinajstić information content (AvgIpc) is 2.61. The van der Waals surface area contributed by atoms with Gasteiger partial charge in [-0.1, -0.05) is 84.4 Å². The SMILES string of the molecule is O=C(NC(c1ccccc1)c1ccccc1)c1ccccc1Cl. The lowest BCUT2D eigenvalue weighted by Gasteiger charge is -2.20. The van der Waals surface area contributed by atoms with Crippen LogP contribution in [0.5, 0.6) is 0 Å². The van der Waals surface area contributed by atoms with Crippen molar-refractivity contribution in [2.24, 2.45) is 0 Å². The Morgan fingerprint density at radius 1 is 0.739 bits per heavy atom. The van der Waals surface area contributed by atoms with Gasteiger partial charge in [0.05, 0.1) is 16.6 Å². The molecule has 0 radical (unpaired) electrons. The van der Waals surface area contributed by atoms with E-state index in [-0.39, 0.29) is 11.9 Å². The van der Waals surface area contributed by atoms with Crippen LogP contribution in [0.15, 0.2) is 84.9 Å². The molecule has 23 heavy (non-hydrogen) atoms. The fourth-order valence-corrected chi connectivity index (χ4v) is 2.73. The van der Waals surface area contributed by atoms with Gasteiger partial charge in [-0.25, -0.2) is 0 Å². The molecule has 1 amide bonds. The minimum absolute atomic E-state index is 0.187. The van der Waals surface area contributed by atoms with Gasteiger partial charge in [0, 0.05) is 0 Å². The zero-order valence-electron chi connectivity index (χ0n) is 12.4. The second-order valence-electron chi connectivity index (χ2n) is 5.21. The van der Waals surface area contributed by atoms with Gasteiger partial charge in [0.15, 0.2) is 0 Å². The molecule has 0 aliphatic rings. The summed E-state index contributed by atoms with van der Waals surface area (Å²) in [5.74, 6) is -0.187. The monoisotopic (exact) mass is 321 g/mol. The molecule has 114 valence electrons. The first-order chi connectivity index (χ1) is 11.3. The number of halogens is 1. The molecule has 0 aliphatic heterocycles. The summed E-state index contributed by atoms with van der Waals surface area (Å²) in [4.78, 5) is 12.6. The minimum atomic E-state index is -0.221. The summed E-state index contributed by atoms with van der Waals surface area (Å²) < 4.78 is 0. The number of carbonyl (C=O) groups is 1. The van der Waals surface area contributed by atoms with Crippen molar-refractivity contribution in [3.63, 3.8) is 0 Å². The van der Waals surface area contributed by atoms with Gasteiger partial charge in [-0.3, -0.25) is 4.79 Å². The van der Waals surface area contributed by atoms with Crippen molar-refractivity contribution in [3.8, 4) is 0 Å². The molecule has 1 N–H and O–H groups in total. The third kappa shape index (κ3) is 3.61. The molecule has 3 aromatic rings. The first-order valence-corrected chi connectivity index (χ1v) is 7.79. The molecule has 0 bridgehead atoms. The maximum atomic E-state index is 12.6. The molecule has 0 spiro atoms. The van der Waals surface area contributed by atoms with Gasteiger partial charge >= 0.3 is 0 Å². The predicted molar refractivity (Wildman–Crippen MR) is 93.6 cm³/mol. The molecule has 0 saturated carbocycles. The zero-order chi connectivity index (χ0) is 16.1. The van der Waals surface area contributed by atoms with E-state index in [1.807, 2.05) is 66.7 Å². The van der Waals surface area contributed by atoms with E-state index in [9.17, 15) is 4.79 Å². The summed E-state index contributed by atoms with van der Waals surface area (Å²) in [7, 11) is 0. The number of benzene rings is 3. The summed E-state index contributed by atoms with van der Waals surface area (Å²) in [5, 5.41) is 3.53. The van der Waals surface area contributed by atoms with E-state index in [0.717, 1.165) is 11.1 Å². The van der Waals surface area contributed by atoms with Crippen molar-refractivity contribution >= 4 is 17.5 Å². The number of nitrogens with one attached hydrogen (secondary N) is 1. The van der Waals surface area contributed by atoms with Gasteiger partial charge in [0.25, 0.3) is 5.91 Å². The molecule has 3 rings (SSSR count). The predicted octanol–water partition coefficient (Wildman–Crippen LogP) is 4.86. The first kappa shape index (κ1) is 15.3. The molecular formula is C20H16ClNO. The summed E-state index contributed by atoms with van der Waals surface area (Å²) >= 11 is 6.13. The summed E-state index contributed by atoms with van der Waals surface area (Å²) in [6.45, 7) is 0. The normalized spacial score (nSPS) is 10.5. The van der Waals surface area contributed by atoms with Gasteiger partial charge in [-0.2, -0.15) is 0 Å². The van der Waals surface area contributed by atoms with Crippen LogP contribution in [0.25, 0.3) is 0 Å². The Bertz CT molecular complexity index is 748. The first-order valence-electron chi connectivity index (χ1n) is 7.41. The number of hydrogen-bond acceptors (Lipinski definition) is 1. The molecule has 0 atom stereocenters. The third-order valence-corrected chi connectivity index (χ3v) is 3.99. The lowest BCUT2D eigenvalue weighted by atomic mass is 9.98. The Kier molecular flexibility index (Phi) is 4.74. The maximum absolute atomic E-state index is 12.6. The van der Waals surface area contributed by atoms with E-state index >= 15 is 0 Å². The topological polar surface area (TPSA) is 29.1 Å². The van der Waals surface area contributed by atoms with Crippen molar-refractivity contribution < 1.29 is 4.79 Å². The molecule has 3 heteroatoms. The summed E-state index contributed by atoms with van der Waals surface area (Å²) in [6, 6.07) is 26.6. The molecule has 0 aromatic heterocycles. The molecule has 3 aromatic carbocycles. The van der Waals surface area contributed by atoms with E-state index in [1.165, 1.54) is 0 Å². The Morgan fingerprint density at radius 2 is 1.22 bits per heavy atom. The molecule has 0 heterocycles. The van der Waals surface area contributed by atoms with Crippen molar-refractivity contribution in [1.29, 1.82) is 0 Å². The summed E-state index contributed by atoms with van der Waals surface area (Å²) in [6.07, 6.45) is 0. The fraction of sp³-hybridized carbons (Fsp3) is 0.0500. The van der Waals surface area contributed by atoms with E-state index in [1.54, 1.807) is 18.2 Å². The van der Waals surface area contributed by atoms with Crippen molar-refractivity contribution in [3.05, 3.63) is 107 Å². The highest BCUT2D eigenvalue weighted by atomic mass is 35.5. The molecular weight excluding hydrogens is 306 g/mol. The second-order valence-corrected chi connectivity index (χ2v) is 5.61. The number of rotatable bonds is 4. The summed E-state index contributed by atoms with van der Waals surface area (Å²) in [5.41, 5.74) is 2.53. The molecule has 0 fully saturated rings. The van der Waals surface area contributed by atoms with Crippen LogP contribution < -0.4 is 5.32 Å². The Labute approximate surface area is 140 Å². The van der Waals surface area contributed by atoms with Crippen molar-refractivity contribution in [1.82, 2.24) is 5.32 Å². The Balaban J connectivity index is 1.94. The van der Waals surface area contributed by atoms with Crippen LogP contribution in [0.1, 0.15) is 27.5 Å². The quantitative estimate of drug-likeness (QED) is 0.730. The van der Waals surface area contributed by atoms with Crippen LogP contribution in [-0.2, 0) is 0 Å².